The maximum Gasteiger partial charge on any atom is 0.343 e. The van der Waals surface area contributed by atoms with Gasteiger partial charge in [-0.05, 0) is 43.3 Å². The lowest BCUT2D eigenvalue weighted by atomic mass is 9.76. The van der Waals surface area contributed by atoms with Gasteiger partial charge in [0.15, 0.2) is 5.72 Å². The zero-order chi connectivity index (χ0) is 19.2. The van der Waals surface area contributed by atoms with Crippen LogP contribution < -0.4 is 20.4 Å². The fourth-order valence-corrected chi connectivity index (χ4v) is 4.05. The molecule has 2 aromatic carbocycles. The van der Waals surface area contributed by atoms with E-state index in [1.165, 1.54) is 0 Å². The van der Waals surface area contributed by atoms with Crippen LogP contribution in [0.4, 0.5) is 5.69 Å². The van der Waals surface area contributed by atoms with Gasteiger partial charge in [-0.3, -0.25) is 0 Å². The molecule has 1 N–H and O–H groups in total. The second-order valence-corrected chi connectivity index (χ2v) is 7.84. The smallest absolute Gasteiger partial charge is 0.343 e. The predicted octanol–water partition coefficient (Wildman–Crippen LogP) is 4.69. The Kier molecular flexibility index (Phi) is 3.91. The van der Waals surface area contributed by atoms with Gasteiger partial charge in [0.25, 0.3) is 0 Å². The van der Waals surface area contributed by atoms with Crippen molar-refractivity contribution in [3.8, 4) is 11.5 Å². The molecule has 0 saturated carbocycles. The Morgan fingerprint density at radius 2 is 1.74 bits per heavy atom. The standard InChI is InChI=1S/C22H23NO4/c1-21(2)13-22(3,23-14-9-11-15(25-4)12-10-14)27-19-16-7-5-6-8-17(16)26-20(24)18(19)21/h5-12,23H,13H2,1-4H3. The molecule has 5 nitrogen and oxygen atoms in total. The summed E-state index contributed by atoms with van der Waals surface area (Å²) in [6, 6.07) is 15.2. The van der Waals surface area contributed by atoms with Gasteiger partial charge in [0.05, 0.1) is 18.1 Å². The molecule has 0 radical (unpaired) electrons. The van der Waals surface area contributed by atoms with Crippen molar-refractivity contribution in [1.82, 2.24) is 0 Å². The Hall–Kier alpha value is -2.95. The van der Waals surface area contributed by atoms with Crippen molar-refractivity contribution >= 4 is 16.7 Å². The summed E-state index contributed by atoms with van der Waals surface area (Å²) in [6.07, 6.45) is 0.613. The number of fused-ring (bicyclic) bond motifs is 3. The van der Waals surface area contributed by atoms with Gasteiger partial charge in [-0.25, -0.2) is 4.79 Å². The van der Waals surface area contributed by atoms with Gasteiger partial charge in [-0.1, -0.05) is 26.0 Å². The molecule has 0 amide bonds. The zero-order valence-corrected chi connectivity index (χ0v) is 16.0. The monoisotopic (exact) mass is 365 g/mol. The summed E-state index contributed by atoms with van der Waals surface area (Å²) in [5.41, 5.74) is 0.625. The second kappa shape index (κ2) is 6.05. The SMILES string of the molecule is COc1ccc(NC2(C)CC(C)(C)c3c(c4ccccc4oc3=O)O2)cc1. The Labute approximate surface area is 157 Å². The maximum absolute atomic E-state index is 12.7. The molecule has 0 spiro atoms. The molecule has 0 aliphatic carbocycles. The van der Waals surface area contributed by atoms with E-state index in [-0.39, 0.29) is 5.63 Å². The number of methoxy groups -OCH3 is 1. The summed E-state index contributed by atoms with van der Waals surface area (Å²) in [4.78, 5) is 12.7. The third kappa shape index (κ3) is 3.03. The van der Waals surface area contributed by atoms with Crippen LogP contribution >= 0.6 is 0 Å². The first-order chi connectivity index (χ1) is 12.8. The van der Waals surface area contributed by atoms with Crippen LogP contribution in [0.25, 0.3) is 11.0 Å². The van der Waals surface area contributed by atoms with Crippen LogP contribution in [-0.4, -0.2) is 12.8 Å². The minimum Gasteiger partial charge on any atom is -0.497 e. The molecule has 1 unspecified atom stereocenters. The minimum absolute atomic E-state index is 0.333. The number of para-hydroxylation sites is 1. The van der Waals surface area contributed by atoms with Crippen LogP contribution in [0.1, 0.15) is 32.8 Å². The maximum atomic E-state index is 12.7. The van der Waals surface area contributed by atoms with Crippen LogP contribution in [0.15, 0.2) is 57.7 Å². The van der Waals surface area contributed by atoms with Gasteiger partial charge in [-0.2, -0.15) is 0 Å². The van der Waals surface area contributed by atoms with E-state index in [1.807, 2.05) is 63.2 Å². The molecule has 3 aromatic rings. The van der Waals surface area contributed by atoms with Crippen molar-refractivity contribution in [2.24, 2.45) is 0 Å². The minimum atomic E-state index is -0.679. The number of rotatable bonds is 3. The fraction of sp³-hybridized carbons (Fsp3) is 0.318. The average Bonchev–Trinajstić information content (AvgIpc) is 2.60. The molecule has 27 heavy (non-hydrogen) atoms. The molecule has 0 saturated heterocycles. The first-order valence-corrected chi connectivity index (χ1v) is 8.99. The van der Waals surface area contributed by atoms with Crippen LogP contribution in [0.2, 0.25) is 0 Å². The highest BCUT2D eigenvalue weighted by molar-refractivity contribution is 5.85. The van der Waals surface area contributed by atoms with Crippen molar-refractivity contribution in [2.45, 2.75) is 38.3 Å². The normalized spacial score (nSPS) is 20.6. The number of ether oxygens (including phenoxy) is 2. The molecule has 1 aromatic heterocycles. The second-order valence-electron chi connectivity index (χ2n) is 7.84. The van der Waals surface area contributed by atoms with E-state index in [2.05, 4.69) is 5.32 Å². The summed E-state index contributed by atoms with van der Waals surface area (Å²) in [5, 5.41) is 4.29. The largest absolute Gasteiger partial charge is 0.497 e. The van der Waals surface area contributed by atoms with Gasteiger partial charge < -0.3 is 19.2 Å². The van der Waals surface area contributed by atoms with Gasteiger partial charge in [-0.15, -0.1) is 0 Å². The number of benzene rings is 2. The Morgan fingerprint density at radius 1 is 1.04 bits per heavy atom. The highest BCUT2D eigenvalue weighted by atomic mass is 16.5. The average molecular weight is 365 g/mol. The van der Waals surface area contributed by atoms with Crippen LogP contribution in [0.3, 0.4) is 0 Å². The Bertz CT molecular complexity index is 1050. The van der Waals surface area contributed by atoms with Crippen molar-refractivity contribution in [3.05, 3.63) is 64.5 Å². The van der Waals surface area contributed by atoms with E-state index in [9.17, 15) is 4.79 Å². The number of nitrogens with one attached hydrogen (secondary N) is 1. The summed E-state index contributed by atoms with van der Waals surface area (Å²) in [5.74, 6) is 1.39. The van der Waals surface area contributed by atoms with Crippen LogP contribution in [0, 0.1) is 0 Å². The number of hydrogen-bond donors (Lipinski definition) is 1. The molecular weight excluding hydrogens is 342 g/mol. The molecule has 2 heterocycles. The van der Waals surface area contributed by atoms with Crippen molar-refractivity contribution < 1.29 is 13.9 Å². The molecule has 4 rings (SSSR count). The third-order valence-corrected chi connectivity index (χ3v) is 5.05. The lowest BCUT2D eigenvalue weighted by Crippen LogP contribution is -2.51. The lowest BCUT2D eigenvalue weighted by Gasteiger charge is -2.44. The lowest BCUT2D eigenvalue weighted by molar-refractivity contribution is 0.0615. The quantitative estimate of drug-likeness (QED) is 0.682. The molecule has 5 heteroatoms. The third-order valence-electron chi connectivity index (χ3n) is 5.05. The van der Waals surface area contributed by atoms with Gasteiger partial charge >= 0.3 is 5.63 Å². The van der Waals surface area contributed by atoms with Crippen molar-refractivity contribution in [3.63, 3.8) is 0 Å². The summed E-state index contributed by atoms with van der Waals surface area (Å²) >= 11 is 0. The highest BCUT2D eigenvalue weighted by Crippen LogP contribution is 2.46. The molecule has 1 aliphatic heterocycles. The van der Waals surface area contributed by atoms with E-state index in [1.54, 1.807) is 13.2 Å². The van der Waals surface area contributed by atoms with Gasteiger partial charge in [0.1, 0.15) is 17.1 Å². The fourth-order valence-electron chi connectivity index (χ4n) is 4.05. The van der Waals surface area contributed by atoms with Crippen molar-refractivity contribution in [1.29, 1.82) is 0 Å². The summed E-state index contributed by atoms with van der Waals surface area (Å²) in [7, 11) is 1.64. The highest BCUT2D eigenvalue weighted by Gasteiger charge is 2.45. The topological polar surface area (TPSA) is 60.7 Å². The number of anilines is 1. The zero-order valence-electron chi connectivity index (χ0n) is 16.0. The Balaban J connectivity index is 1.80. The molecule has 140 valence electrons. The van der Waals surface area contributed by atoms with E-state index >= 15 is 0 Å². The molecule has 1 aliphatic rings. The van der Waals surface area contributed by atoms with Gasteiger partial charge in [0, 0.05) is 17.5 Å². The van der Waals surface area contributed by atoms with Crippen molar-refractivity contribution in [2.75, 3.05) is 12.4 Å². The summed E-state index contributed by atoms with van der Waals surface area (Å²) in [6.45, 7) is 6.10. The summed E-state index contributed by atoms with van der Waals surface area (Å²) < 4.78 is 17.2. The van der Waals surface area contributed by atoms with E-state index in [4.69, 9.17) is 13.9 Å². The molecule has 0 bridgehead atoms. The molecule has 0 fully saturated rings. The van der Waals surface area contributed by atoms with E-state index in [0.717, 1.165) is 16.8 Å². The van der Waals surface area contributed by atoms with Crippen LogP contribution in [-0.2, 0) is 5.41 Å². The molecular formula is C22H23NO4. The number of hydrogen-bond acceptors (Lipinski definition) is 5. The van der Waals surface area contributed by atoms with Crippen LogP contribution in [0.5, 0.6) is 11.5 Å². The van der Waals surface area contributed by atoms with E-state index in [0.29, 0.717) is 23.3 Å². The van der Waals surface area contributed by atoms with Gasteiger partial charge in [0.2, 0.25) is 0 Å². The predicted molar refractivity (Wildman–Crippen MR) is 106 cm³/mol. The first kappa shape index (κ1) is 17.5. The first-order valence-electron chi connectivity index (χ1n) is 8.99. The van der Waals surface area contributed by atoms with E-state index < -0.39 is 11.1 Å². The Morgan fingerprint density at radius 3 is 2.44 bits per heavy atom. The molecule has 1 atom stereocenters.